The smallest absolute Gasteiger partial charge is 0.229 e. The average molecular weight is 348 g/mol. The van der Waals surface area contributed by atoms with Gasteiger partial charge >= 0.3 is 0 Å². The van der Waals surface area contributed by atoms with Crippen molar-refractivity contribution in [2.75, 3.05) is 0 Å². The second-order valence-corrected chi connectivity index (χ2v) is 4.85. The number of rotatable bonds is 2. The molecule has 1 aromatic carbocycles. The Morgan fingerprint density at radius 2 is 2.00 bits per heavy atom. The fourth-order valence-electron chi connectivity index (χ4n) is 1.27. The Labute approximate surface area is 108 Å². The first-order chi connectivity index (χ1) is 7.58. The molecule has 0 spiro atoms. The highest BCUT2D eigenvalue weighted by Gasteiger charge is 2.17. The molecule has 0 aliphatic heterocycles. The van der Waals surface area contributed by atoms with Crippen molar-refractivity contribution in [2.45, 2.75) is 0 Å². The summed E-state index contributed by atoms with van der Waals surface area (Å²) < 4.78 is 19.2. The van der Waals surface area contributed by atoms with Gasteiger partial charge in [-0.3, -0.25) is 4.79 Å². The minimum absolute atomic E-state index is 0.164. The first-order valence-electron chi connectivity index (χ1n) is 4.31. The Morgan fingerprint density at radius 1 is 1.25 bits per heavy atom. The molecule has 0 unspecified atom stereocenters. The molecule has 0 saturated heterocycles. The van der Waals surface area contributed by atoms with Crippen molar-refractivity contribution in [1.82, 2.24) is 0 Å². The van der Waals surface area contributed by atoms with Crippen LogP contribution in [0.15, 0.2) is 43.9 Å². The molecular weight excluding hydrogens is 343 g/mol. The molecule has 0 aliphatic carbocycles. The highest BCUT2D eigenvalue weighted by Crippen LogP contribution is 2.23. The van der Waals surface area contributed by atoms with Crippen LogP contribution in [0.2, 0.25) is 0 Å². The summed E-state index contributed by atoms with van der Waals surface area (Å²) in [4.78, 5) is 11.9. The summed E-state index contributed by atoms with van der Waals surface area (Å²) in [6, 6.07) is 5.61. The molecule has 2 aromatic rings. The Balaban J connectivity index is 2.45. The number of hydrogen-bond acceptors (Lipinski definition) is 2. The van der Waals surface area contributed by atoms with Crippen LogP contribution >= 0.6 is 31.9 Å². The number of halogens is 3. The predicted molar refractivity (Wildman–Crippen MR) is 63.9 cm³/mol. The molecule has 0 radical (unpaired) electrons. The summed E-state index contributed by atoms with van der Waals surface area (Å²) in [6.45, 7) is 0. The lowest BCUT2D eigenvalue weighted by Crippen LogP contribution is -2.01. The molecule has 0 atom stereocenters. The molecule has 1 aromatic heterocycles. The quantitative estimate of drug-likeness (QED) is 0.763. The molecule has 2 nitrogen and oxygen atoms in total. The van der Waals surface area contributed by atoms with E-state index in [1.54, 1.807) is 12.1 Å². The van der Waals surface area contributed by atoms with Crippen molar-refractivity contribution in [3.8, 4) is 0 Å². The number of ketones is 1. The van der Waals surface area contributed by atoms with Crippen molar-refractivity contribution in [3.05, 3.63) is 56.6 Å². The Kier molecular flexibility index (Phi) is 3.25. The van der Waals surface area contributed by atoms with Gasteiger partial charge in [-0.15, -0.1) is 0 Å². The highest BCUT2D eigenvalue weighted by molar-refractivity contribution is 9.10. The minimum atomic E-state index is -0.472. The highest BCUT2D eigenvalue weighted by atomic mass is 79.9. The van der Waals surface area contributed by atoms with Gasteiger partial charge in [-0.2, -0.15) is 0 Å². The van der Waals surface area contributed by atoms with Crippen molar-refractivity contribution in [3.63, 3.8) is 0 Å². The van der Waals surface area contributed by atoms with E-state index in [1.165, 1.54) is 18.4 Å². The molecule has 0 saturated carbocycles. The van der Waals surface area contributed by atoms with Gasteiger partial charge in [0.25, 0.3) is 0 Å². The molecule has 2 rings (SSSR count). The van der Waals surface area contributed by atoms with Crippen molar-refractivity contribution < 1.29 is 13.6 Å². The average Bonchev–Trinajstić information content (AvgIpc) is 2.62. The van der Waals surface area contributed by atoms with Crippen LogP contribution in [0.4, 0.5) is 4.39 Å². The fourth-order valence-corrected chi connectivity index (χ4v) is 2.12. The van der Waals surface area contributed by atoms with Crippen LogP contribution in [0.25, 0.3) is 0 Å². The molecule has 0 amide bonds. The summed E-state index contributed by atoms with van der Waals surface area (Å²) in [5, 5.41) is 0. The predicted octanol–water partition coefficient (Wildman–Crippen LogP) is 4.17. The molecule has 82 valence electrons. The van der Waals surface area contributed by atoms with Crippen LogP contribution in [0, 0.1) is 5.82 Å². The summed E-state index contributed by atoms with van der Waals surface area (Å²) in [5.41, 5.74) is 0.238. The first kappa shape index (κ1) is 11.5. The molecule has 0 N–H and O–H groups in total. The zero-order chi connectivity index (χ0) is 11.7. The number of carbonyl (C=O) groups excluding carboxylic acids is 1. The molecule has 5 heteroatoms. The molecule has 0 aliphatic rings. The van der Waals surface area contributed by atoms with E-state index in [4.69, 9.17) is 4.42 Å². The van der Waals surface area contributed by atoms with E-state index in [0.717, 1.165) is 0 Å². The monoisotopic (exact) mass is 346 g/mol. The van der Waals surface area contributed by atoms with E-state index < -0.39 is 5.82 Å². The van der Waals surface area contributed by atoms with Crippen LogP contribution in [0.3, 0.4) is 0 Å². The lowest BCUT2D eigenvalue weighted by Gasteiger charge is -2.00. The normalized spacial score (nSPS) is 10.4. The third kappa shape index (κ3) is 2.25. The van der Waals surface area contributed by atoms with Gasteiger partial charge < -0.3 is 4.42 Å². The maximum absolute atomic E-state index is 13.1. The number of carbonyl (C=O) groups is 1. The number of benzene rings is 1. The van der Waals surface area contributed by atoms with Gasteiger partial charge in [-0.25, -0.2) is 4.39 Å². The van der Waals surface area contributed by atoms with Gasteiger partial charge in [0.1, 0.15) is 5.82 Å². The van der Waals surface area contributed by atoms with Crippen molar-refractivity contribution in [1.29, 1.82) is 0 Å². The van der Waals surface area contributed by atoms with Gasteiger partial charge in [-0.1, -0.05) is 15.9 Å². The van der Waals surface area contributed by atoms with Crippen molar-refractivity contribution >= 4 is 37.6 Å². The lowest BCUT2D eigenvalue weighted by atomic mass is 10.1. The maximum Gasteiger partial charge on any atom is 0.229 e. The van der Waals surface area contributed by atoms with Crippen LogP contribution < -0.4 is 0 Å². The van der Waals surface area contributed by atoms with Gasteiger partial charge in [0.15, 0.2) is 5.76 Å². The van der Waals surface area contributed by atoms with E-state index >= 15 is 0 Å². The summed E-state index contributed by atoms with van der Waals surface area (Å²) in [5.74, 6) is -0.671. The molecule has 16 heavy (non-hydrogen) atoms. The summed E-state index contributed by atoms with van der Waals surface area (Å²) >= 11 is 6.31. The SMILES string of the molecule is O=C(c1cc(F)cc(Br)c1)c1occc1Br. The second kappa shape index (κ2) is 4.51. The molecule has 1 heterocycles. The molecule has 0 bridgehead atoms. The Morgan fingerprint density at radius 3 is 2.56 bits per heavy atom. The standard InChI is InChI=1S/C11H5Br2FO2/c12-7-3-6(4-8(14)5-7)10(15)11-9(13)1-2-16-11/h1-5H. The molecular formula is C11H5Br2FO2. The zero-order valence-electron chi connectivity index (χ0n) is 7.84. The van der Waals surface area contributed by atoms with Gasteiger partial charge in [-0.05, 0) is 40.2 Å². The van der Waals surface area contributed by atoms with Gasteiger partial charge in [0.2, 0.25) is 5.78 Å². The third-order valence-electron chi connectivity index (χ3n) is 1.95. The Hall–Kier alpha value is -0.940. The lowest BCUT2D eigenvalue weighted by molar-refractivity contribution is 0.101. The second-order valence-electron chi connectivity index (χ2n) is 3.08. The van der Waals surface area contributed by atoms with Crippen LogP contribution in [-0.4, -0.2) is 5.78 Å². The summed E-state index contributed by atoms with van der Waals surface area (Å²) in [6.07, 6.45) is 1.39. The Bertz CT molecular complexity index is 528. The number of furan rings is 1. The first-order valence-corrected chi connectivity index (χ1v) is 5.90. The van der Waals surface area contributed by atoms with Gasteiger partial charge in [0.05, 0.1) is 10.7 Å². The third-order valence-corrected chi connectivity index (χ3v) is 3.03. The van der Waals surface area contributed by atoms with E-state index in [2.05, 4.69) is 31.9 Å². The summed E-state index contributed by atoms with van der Waals surface area (Å²) in [7, 11) is 0. The van der Waals surface area contributed by atoms with E-state index in [0.29, 0.717) is 8.95 Å². The van der Waals surface area contributed by atoms with E-state index in [1.807, 2.05) is 0 Å². The van der Waals surface area contributed by atoms with E-state index in [9.17, 15) is 9.18 Å². The van der Waals surface area contributed by atoms with Crippen LogP contribution in [-0.2, 0) is 0 Å². The maximum atomic E-state index is 13.1. The zero-order valence-corrected chi connectivity index (χ0v) is 11.0. The molecule has 0 fully saturated rings. The topological polar surface area (TPSA) is 30.2 Å². The van der Waals surface area contributed by atoms with Gasteiger partial charge in [0, 0.05) is 10.0 Å². The number of hydrogen-bond donors (Lipinski definition) is 0. The van der Waals surface area contributed by atoms with Crippen LogP contribution in [0.1, 0.15) is 16.1 Å². The van der Waals surface area contributed by atoms with E-state index in [-0.39, 0.29) is 17.1 Å². The van der Waals surface area contributed by atoms with Crippen molar-refractivity contribution in [2.24, 2.45) is 0 Å². The van der Waals surface area contributed by atoms with Crippen LogP contribution in [0.5, 0.6) is 0 Å². The fraction of sp³-hybridized carbons (Fsp3) is 0. The minimum Gasteiger partial charge on any atom is -0.460 e. The largest absolute Gasteiger partial charge is 0.460 e.